The molecular weight excluding hydrogens is 340 g/mol. The summed E-state index contributed by atoms with van der Waals surface area (Å²) in [7, 11) is 1.85. The Morgan fingerprint density at radius 3 is 2.74 bits per heavy atom. The van der Waals surface area contributed by atoms with E-state index in [1.807, 2.05) is 46.0 Å². The van der Waals surface area contributed by atoms with E-state index in [2.05, 4.69) is 25.0 Å². The average Bonchev–Trinajstić information content (AvgIpc) is 3.12. The molecular formula is C20H20N6O. The second kappa shape index (κ2) is 6.35. The number of hydrogen-bond acceptors (Lipinski definition) is 5. The zero-order valence-electron chi connectivity index (χ0n) is 15.6. The maximum absolute atomic E-state index is 10.5. The number of aryl methyl sites for hydroxylation is 3. The van der Waals surface area contributed by atoms with Crippen LogP contribution >= 0.6 is 0 Å². The summed E-state index contributed by atoms with van der Waals surface area (Å²) in [5.41, 5.74) is 5.86. The fraction of sp³-hybridized carbons (Fsp3) is 0.200. The number of pyridine rings is 2. The van der Waals surface area contributed by atoms with E-state index in [1.54, 1.807) is 23.3 Å². The standard InChI is InChI=1S/C20H20N6O/c1-11-5-6-21-9-15(11)16-8-14-17(10-22-16)24-20(27)19(14)13(3)23-18-7-12(2)25-26(18)4/h5-10,24,27H,1-4H3. The van der Waals surface area contributed by atoms with Gasteiger partial charge < -0.3 is 10.1 Å². The van der Waals surface area contributed by atoms with Crippen LogP contribution in [0.1, 0.15) is 23.7 Å². The van der Waals surface area contributed by atoms with Gasteiger partial charge in [0.25, 0.3) is 0 Å². The van der Waals surface area contributed by atoms with Crippen molar-refractivity contribution < 1.29 is 5.11 Å². The summed E-state index contributed by atoms with van der Waals surface area (Å²) in [6.45, 7) is 5.82. The largest absolute Gasteiger partial charge is 0.494 e. The van der Waals surface area contributed by atoms with Gasteiger partial charge in [-0.05, 0) is 38.5 Å². The Morgan fingerprint density at radius 1 is 1.22 bits per heavy atom. The molecule has 2 N–H and O–H groups in total. The lowest BCUT2D eigenvalue weighted by Crippen LogP contribution is -1.96. The van der Waals surface area contributed by atoms with E-state index in [0.29, 0.717) is 11.3 Å². The molecule has 7 heteroatoms. The zero-order valence-corrected chi connectivity index (χ0v) is 15.6. The molecule has 0 unspecified atom stereocenters. The summed E-state index contributed by atoms with van der Waals surface area (Å²) in [5.74, 6) is 0.808. The van der Waals surface area contributed by atoms with Crippen molar-refractivity contribution in [3.05, 3.63) is 53.6 Å². The van der Waals surface area contributed by atoms with Crippen LogP contribution in [-0.4, -0.2) is 35.6 Å². The predicted molar refractivity (Wildman–Crippen MR) is 106 cm³/mol. The molecule has 4 aromatic rings. The van der Waals surface area contributed by atoms with Gasteiger partial charge in [-0.2, -0.15) is 5.10 Å². The third-order valence-electron chi connectivity index (χ3n) is 4.60. The van der Waals surface area contributed by atoms with Gasteiger partial charge in [-0.3, -0.25) is 14.6 Å². The molecule has 0 aliphatic carbocycles. The van der Waals surface area contributed by atoms with Crippen LogP contribution in [0.15, 0.2) is 41.8 Å². The Labute approximate surface area is 156 Å². The van der Waals surface area contributed by atoms with E-state index in [9.17, 15) is 5.11 Å². The van der Waals surface area contributed by atoms with Gasteiger partial charge in [0.15, 0.2) is 11.7 Å². The van der Waals surface area contributed by atoms with Gasteiger partial charge in [-0.1, -0.05) is 0 Å². The molecule has 0 fully saturated rings. The molecule has 0 aliphatic heterocycles. The van der Waals surface area contributed by atoms with E-state index in [0.717, 1.165) is 39.2 Å². The molecule has 4 rings (SSSR count). The molecule has 0 radical (unpaired) electrons. The number of aromatic amines is 1. The fourth-order valence-electron chi connectivity index (χ4n) is 3.25. The normalized spacial score (nSPS) is 12.1. The van der Waals surface area contributed by atoms with E-state index in [-0.39, 0.29) is 5.88 Å². The molecule has 27 heavy (non-hydrogen) atoms. The molecule has 0 aromatic carbocycles. The summed E-state index contributed by atoms with van der Waals surface area (Å²) < 4.78 is 1.72. The van der Waals surface area contributed by atoms with Crippen LogP contribution in [0.3, 0.4) is 0 Å². The first-order chi connectivity index (χ1) is 12.9. The summed E-state index contributed by atoms with van der Waals surface area (Å²) >= 11 is 0. The molecule has 7 nitrogen and oxygen atoms in total. The van der Waals surface area contributed by atoms with Gasteiger partial charge >= 0.3 is 0 Å². The molecule has 4 aromatic heterocycles. The molecule has 0 bridgehead atoms. The number of aliphatic imine (C=N–C) groups is 1. The first-order valence-corrected chi connectivity index (χ1v) is 8.62. The number of aromatic nitrogens is 5. The van der Waals surface area contributed by atoms with Crippen LogP contribution in [-0.2, 0) is 7.05 Å². The molecule has 136 valence electrons. The highest BCUT2D eigenvalue weighted by Gasteiger charge is 2.16. The number of nitrogens with zero attached hydrogens (tertiary/aromatic N) is 5. The Morgan fingerprint density at radius 2 is 2.04 bits per heavy atom. The fourth-order valence-corrected chi connectivity index (χ4v) is 3.25. The SMILES string of the molecule is CC(=Nc1cc(C)nn1C)c1c(O)[nH]c2cnc(-c3cnccc3C)cc12. The number of aromatic hydroxyl groups is 1. The highest BCUT2D eigenvalue weighted by atomic mass is 16.3. The van der Waals surface area contributed by atoms with Crippen molar-refractivity contribution in [3.63, 3.8) is 0 Å². The van der Waals surface area contributed by atoms with Gasteiger partial charge in [0.2, 0.25) is 0 Å². The van der Waals surface area contributed by atoms with Crippen molar-refractivity contribution in [2.24, 2.45) is 12.0 Å². The third-order valence-corrected chi connectivity index (χ3v) is 4.60. The Bertz CT molecular complexity index is 1180. The molecule has 0 saturated carbocycles. The first kappa shape index (κ1) is 17.0. The highest BCUT2D eigenvalue weighted by molar-refractivity contribution is 6.13. The van der Waals surface area contributed by atoms with E-state index in [1.165, 1.54) is 0 Å². The summed E-state index contributed by atoms with van der Waals surface area (Å²) in [6, 6.07) is 5.81. The number of hydrogen-bond donors (Lipinski definition) is 2. The van der Waals surface area contributed by atoms with Crippen molar-refractivity contribution in [2.75, 3.05) is 0 Å². The number of fused-ring (bicyclic) bond motifs is 1. The van der Waals surface area contributed by atoms with Gasteiger partial charge in [-0.15, -0.1) is 0 Å². The quantitative estimate of drug-likeness (QED) is 0.543. The van der Waals surface area contributed by atoms with Crippen molar-refractivity contribution >= 4 is 22.4 Å². The van der Waals surface area contributed by atoms with E-state index < -0.39 is 0 Å². The zero-order chi connectivity index (χ0) is 19.1. The molecule has 0 saturated heterocycles. The van der Waals surface area contributed by atoms with E-state index in [4.69, 9.17) is 0 Å². The number of rotatable bonds is 3. The molecule has 0 spiro atoms. The monoisotopic (exact) mass is 360 g/mol. The first-order valence-electron chi connectivity index (χ1n) is 8.62. The van der Waals surface area contributed by atoms with Gasteiger partial charge in [0.05, 0.1) is 34.4 Å². The third kappa shape index (κ3) is 2.97. The van der Waals surface area contributed by atoms with Crippen LogP contribution in [0.4, 0.5) is 5.82 Å². The van der Waals surface area contributed by atoms with Crippen molar-refractivity contribution in [1.82, 2.24) is 24.7 Å². The van der Waals surface area contributed by atoms with E-state index >= 15 is 0 Å². The Kier molecular flexibility index (Phi) is 3.99. The second-order valence-electron chi connectivity index (χ2n) is 6.62. The van der Waals surface area contributed by atoms with Crippen molar-refractivity contribution in [3.8, 4) is 17.1 Å². The maximum atomic E-state index is 10.5. The number of H-pyrrole nitrogens is 1. The van der Waals surface area contributed by atoms with Crippen LogP contribution in [0.2, 0.25) is 0 Å². The predicted octanol–water partition coefficient (Wildman–Crippen LogP) is 3.82. The minimum absolute atomic E-state index is 0.0759. The molecule has 0 aliphatic rings. The lowest BCUT2D eigenvalue weighted by atomic mass is 10.0. The molecule has 0 amide bonds. The summed E-state index contributed by atoms with van der Waals surface area (Å²) in [6.07, 6.45) is 5.29. The molecule has 0 atom stereocenters. The molecule has 4 heterocycles. The van der Waals surface area contributed by atoms with Crippen LogP contribution in [0.25, 0.3) is 22.2 Å². The van der Waals surface area contributed by atoms with Crippen molar-refractivity contribution in [2.45, 2.75) is 20.8 Å². The lowest BCUT2D eigenvalue weighted by Gasteiger charge is -2.05. The Hall–Kier alpha value is -3.48. The van der Waals surface area contributed by atoms with Crippen LogP contribution in [0, 0.1) is 13.8 Å². The Balaban J connectivity index is 1.88. The van der Waals surface area contributed by atoms with Crippen LogP contribution < -0.4 is 0 Å². The second-order valence-corrected chi connectivity index (χ2v) is 6.62. The van der Waals surface area contributed by atoms with Gasteiger partial charge in [0, 0.05) is 36.5 Å². The van der Waals surface area contributed by atoms with Gasteiger partial charge in [-0.25, -0.2) is 4.99 Å². The lowest BCUT2D eigenvalue weighted by molar-refractivity contribution is 0.457. The van der Waals surface area contributed by atoms with Crippen LogP contribution in [0.5, 0.6) is 5.88 Å². The smallest absolute Gasteiger partial charge is 0.198 e. The topological polar surface area (TPSA) is 92.0 Å². The van der Waals surface area contributed by atoms with Gasteiger partial charge in [0.1, 0.15) is 0 Å². The summed E-state index contributed by atoms with van der Waals surface area (Å²) in [4.78, 5) is 16.4. The summed E-state index contributed by atoms with van der Waals surface area (Å²) in [5, 5.41) is 15.7. The highest BCUT2D eigenvalue weighted by Crippen LogP contribution is 2.32. The minimum Gasteiger partial charge on any atom is -0.494 e. The maximum Gasteiger partial charge on any atom is 0.198 e. The average molecular weight is 360 g/mol. The van der Waals surface area contributed by atoms with Crippen molar-refractivity contribution in [1.29, 1.82) is 0 Å². The minimum atomic E-state index is 0.0759. The number of nitrogens with one attached hydrogen (secondary N) is 1.